The maximum absolute atomic E-state index is 12.8. The third-order valence-corrected chi connectivity index (χ3v) is 3.94. The van der Waals surface area contributed by atoms with E-state index in [1.807, 2.05) is 0 Å². The minimum atomic E-state index is -4.39. The van der Waals surface area contributed by atoms with Gasteiger partial charge in [-0.05, 0) is 47.0 Å². The molecule has 1 aliphatic carbocycles. The van der Waals surface area contributed by atoms with E-state index in [0.29, 0.717) is 22.7 Å². The molecule has 0 bridgehead atoms. The lowest BCUT2D eigenvalue weighted by molar-refractivity contribution is -0.137. The molecule has 3 rings (SSSR count). The van der Waals surface area contributed by atoms with Gasteiger partial charge < -0.3 is 5.32 Å². The number of alkyl halides is 3. The van der Waals surface area contributed by atoms with Gasteiger partial charge in [0.05, 0.1) is 23.1 Å². The largest absolute Gasteiger partial charge is 0.416 e. The fraction of sp³-hybridized carbons (Fsp3) is 0.385. The third-order valence-electron chi connectivity index (χ3n) is 3.27. The van der Waals surface area contributed by atoms with Crippen LogP contribution in [0.3, 0.4) is 0 Å². The molecular formula is C13H12BrF3N4. The van der Waals surface area contributed by atoms with Crippen LogP contribution in [-0.2, 0) is 12.7 Å². The molecule has 112 valence electrons. The van der Waals surface area contributed by atoms with Gasteiger partial charge in [-0.2, -0.15) is 13.2 Å². The Balaban J connectivity index is 1.93. The molecule has 1 heterocycles. The number of hydrogen-bond acceptors (Lipinski definition) is 3. The van der Waals surface area contributed by atoms with Crippen LogP contribution in [0.25, 0.3) is 5.69 Å². The molecule has 0 spiro atoms. The fourth-order valence-electron chi connectivity index (χ4n) is 1.97. The fourth-order valence-corrected chi connectivity index (χ4v) is 2.38. The maximum Gasteiger partial charge on any atom is 0.416 e. The Morgan fingerprint density at radius 3 is 2.76 bits per heavy atom. The molecule has 4 nitrogen and oxygen atoms in total. The zero-order chi connectivity index (χ0) is 15.0. The van der Waals surface area contributed by atoms with E-state index >= 15 is 0 Å². The summed E-state index contributed by atoms with van der Waals surface area (Å²) in [5.41, 5.74) is 0.342. The molecule has 0 radical (unpaired) electrons. The lowest BCUT2D eigenvalue weighted by atomic mass is 10.2. The summed E-state index contributed by atoms with van der Waals surface area (Å²) in [5, 5.41) is 11.0. The highest BCUT2D eigenvalue weighted by atomic mass is 79.9. The molecule has 1 saturated carbocycles. The van der Waals surface area contributed by atoms with Gasteiger partial charge in [-0.25, -0.2) is 4.68 Å². The Kier molecular flexibility index (Phi) is 3.75. The van der Waals surface area contributed by atoms with E-state index < -0.39 is 11.7 Å². The van der Waals surface area contributed by atoms with Crippen LogP contribution in [0.2, 0.25) is 0 Å². The number of hydrogen-bond donors (Lipinski definition) is 1. The average Bonchev–Trinajstić information content (AvgIpc) is 3.13. The summed E-state index contributed by atoms with van der Waals surface area (Å²) in [6, 6.07) is 3.97. The summed E-state index contributed by atoms with van der Waals surface area (Å²) in [7, 11) is 0. The van der Waals surface area contributed by atoms with Gasteiger partial charge in [0.1, 0.15) is 0 Å². The first kappa shape index (κ1) is 14.5. The molecule has 2 aromatic rings. The lowest BCUT2D eigenvalue weighted by Gasteiger charge is -2.12. The molecule has 0 saturated heterocycles. The Hall–Kier alpha value is -1.41. The van der Waals surface area contributed by atoms with E-state index in [9.17, 15) is 13.2 Å². The van der Waals surface area contributed by atoms with Crippen molar-refractivity contribution in [1.29, 1.82) is 0 Å². The van der Waals surface area contributed by atoms with Gasteiger partial charge in [-0.15, -0.1) is 5.10 Å². The molecule has 0 atom stereocenters. The zero-order valence-electron chi connectivity index (χ0n) is 10.9. The zero-order valence-corrected chi connectivity index (χ0v) is 12.4. The van der Waals surface area contributed by atoms with Gasteiger partial charge in [0.25, 0.3) is 0 Å². The summed E-state index contributed by atoms with van der Waals surface area (Å²) in [4.78, 5) is 0. The number of nitrogens with zero attached hydrogens (tertiary/aromatic N) is 3. The van der Waals surface area contributed by atoms with Crippen molar-refractivity contribution in [1.82, 2.24) is 20.3 Å². The van der Waals surface area contributed by atoms with Crippen LogP contribution in [0, 0.1) is 0 Å². The molecule has 21 heavy (non-hydrogen) atoms. The van der Waals surface area contributed by atoms with Crippen LogP contribution in [0.5, 0.6) is 0 Å². The van der Waals surface area contributed by atoms with E-state index in [4.69, 9.17) is 0 Å². The van der Waals surface area contributed by atoms with Crippen LogP contribution >= 0.6 is 15.9 Å². The third kappa shape index (κ3) is 3.26. The molecule has 0 amide bonds. The van der Waals surface area contributed by atoms with Crippen LogP contribution in [0.15, 0.2) is 28.9 Å². The first-order valence-electron chi connectivity index (χ1n) is 6.45. The molecule has 1 fully saturated rings. The van der Waals surface area contributed by atoms with Crippen LogP contribution in [0.1, 0.15) is 24.1 Å². The molecule has 1 N–H and O–H groups in total. The van der Waals surface area contributed by atoms with Crippen molar-refractivity contribution in [3.8, 4) is 5.69 Å². The second kappa shape index (κ2) is 5.42. The predicted molar refractivity (Wildman–Crippen MR) is 73.9 cm³/mol. The predicted octanol–water partition coefficient (Wildman–Crippen LogP) is 3.30. The second-order valence-electron chi connectivity index (χ2n) is 4.96. The van der Waals surface area contributed by atoms with Crippen molar-refractivity contribution in [3.05, 3.63) is 40.1 Å². The monoisotopic (exact) mass is 360 g/mol. The Morgan fingerprint density at radius 2 is 2.10 bits per heavy atom. The maximum atomic E-state index is 12.8. The van der Waals surface area contributed by atoms with E-state index in [2.05, 4.69) is 31.6 Å². The summed E-state index contributed by atoms with van der Waals surface area (Å²) >= 11 is 3.27. The van der Waals surface area contributed by atoms with Crippen molar-refractivity contribution >= 4 is 15.9 Å². The van der Waals surface area contributed by atoms with Gasteiger partial charge in [-0.1, -0.05) is 5.21 Å². The number of aromatic nitrogens is 3. The van der Waals surface area contributed by atoms with Crippen molar-refractivity contribution in [3.63, 3.8) is 0 Å². The van der Waals surface area contributed by atoms with Crippen LogP contribution in [0.4, 0.5) is 13.2 Å². The van der Waals surface area contributed by atoms with Crippen molar-refractivity contribution in [2.75, 3.05) is 0 Å². The first-order chi connectivity index (χ1) is 9.95. The highest BCUT2D eigenvalue weighted by molar-refractivity contribution is 9.10. The highest BCUT2D eigenvalue weighted by Gasteiger charge is 2.31. The van der Waals surface area contributed by atoms with E-state index in [-0.39, 0.29) is 0 Å². The lowest BCUT2D eigenvalue weighted by Crippen LogP contribution is -2.18. The van der Waals surface area contributed by atoms with Gasteiger partial charge in [0.2, 0.25) is 0 Å². The van der Waals surface area contributed by atoms with Crippen molar-refractivity contribution in [2.24, 2.45) is 0 Å². The molecule has 0 aliphatic heterocycles. The minimum Gasteiger partial charge on any atom is -0.308 e. The first-order valence-corrected chi connectivity index (χ1v) is 7.24. The van der Waals surface area contributed by atoms with Crippen LogP contribution in [-0.4, -0.2) is 21.0 Å². The summed E-state index contributed by atoms with van der Waals surface area (Å²) < 4.78 is 40.5. The van der Waals surface area contributed by atoms with Gasteiger partial charge >= 0.3 is 6.18 Å². The standard InChI is InChI=1S/C13H12BrF3N4/c14-11-4-1-8(13(15,16)17)5-12(11)21-10(7-19-20-21)6-18-9-2-3-9/h1,4-5,7,9,18H,2-3,6H2. The Morgan fingerprint density at radius 1 is 1.33 bits per heavy atom. The number of nitrogens with one attached hydrogen (secondary N) is 1. The van der Waals surface area contributed by atoms with Gasteiger partial charge in [-0.3, -0.25) is 0 Å². The topological polar surface area (TPSA) is 42.7 Å². The molecular weight excluding hydrogens is 349 g/mol. The molecule has 1 aromatic heterocycles. The number of rotatable bonds is 4. The SMILES string of the molecule is FC(F)(F)c1ccc(Br)c(-n2nncc2CNC2CC2)c1. The van der Waals surface area contributed by atoms with Crippen molar-refractivity contribution in [2.45, 2.75) is 31.6 Å². The summed E-state index contributed by atoms with van der Waals surface area (Å²) in [6.07, 6.45) is -0.561. The summed E-state index contributed by atoms with van der Waals surface area (Å²) in [5.74, 6) is 0. The second-order valence-corrected chi connectivity index (χ2v) is 5.81. The van der Waals surface area contributed by atoms with E-state index in [1.54, 1.807) is 6.20 Å². The van der Waals surface area contributed by atoms with Crippen molar-refractivity contribution < 1.29 is 13.2 Å². The summed E-state index contributed by atoms with van der Waals surface area (Å²) in [6.45, 7) is 0.528. The molecule has 1 aliphatic rings. The van der Waals surface area contributed by atoms with Gasteiger partial charge in [0.15, 0.2) is 0 Å². The van der Waals surface area contributed by atoms with E-state index in [1.165, 1.54) is 10.7 Å². The quantitative estimate of drug-likeness (QED) is 0.909. The smallest absolute Gasteiger partial charge is 0.308 e. The Labute approximate surface area is 127 Å². The minimum absolute atomic E-state index is 0.329. The molecule has 1 aromatic carbocycles. The average molecular weight is 361 g/mol. The molecule has 8 heteroatoms. The molecule has 0 unspecified atom stereocenters. The highest BCUT2D eigenvalue weighted by Crippen LogP contribution is 2.33. The normalized spacial score (nSPS) is 15.4. The van der Waals surface area contributed by atoms with E-state index in [0.717, 1.165) is 30.7 Å². The number of benzene rings is 1. The Bertz CT molecular complexity index is 649. The van der Waals surface area contributed by atoms with Gasteiger partial charge in [0, 0.05) is 17.1 Å². The number of halogens is 4. The van der Waals surface area contributed by atoms with Crippen LogP contribution < -0.4 is 5.32 Å².